The van der Waals surface area contributed by atoms with E-state index in [4.69, 9.17) is 8.83 Å². The molecule has 0 aliphatic carbocycles. The van der Waals surface area contributed by atoms with Gasteiger partial charge in [0.25, 0.3) is 0 Å². The quantitative estimate of drug-likeness (QED) is 0.180. The average molecular weight is 637 g/mol. The second-order valence-corrected chi connectivity index (χ2v) is 13.2. The minimum absolute atomic E-state index is 0.788. The molecule has 0 saturated carbocycles. The van der Waals surface area contributed by atoms with Crippen molar-refractivity contribution in [3.8, 4) is 33.4 Å². The van der Waals surface area contributed by atoms with Gasteiger partial charge in [0.1, 0.15) is 11.2 Å². The van der Waals surface area contributed by atoms with Crippen LogP contribution in [-0.4, -0.2) is 0 Å². The van der Waals surface area contributed by atoms with Crippen LogP contribution in [0, 0.1) is 0 Å². The van der Waals surface area contributed by atoms with Crippen LogP contribution in [0.15, 0.2) is 179 Å². The second kappa shape index (κ2) is 10.4. The number of furan rings is 2. The first-order valence-corrected chi connectivity index (χ1v) is 17.1. The molecule has 2 heterocycles. The lowest BCUT2D eigenvalue weighted by Crippen LogP contribution is -1.91. The van der Waals surface area contributed by atoms with Crippen molar-refractivity contribution in [1.82, 2.24) is 0 Å². The lowest BCUT2D eigenvalue weighted by molar-refractivity contribution is 0.633. The minimum Gasteiger partial charge on any atom is -0.452 e. The molecule has 11 aromatic rings. The maximum atomic E-state index is 6.58. The van der Waals surface area contributed by atoms with Crippen molar-refractivity contribution in [2.45, 2.75) is 0 Å². The first kappa shape index (κ1) is 27.3. The van der Waals surface area contributed by atoms with Gasteiger partial charge >= 0.3 is 0 Å². The SMILES string of the molecule is c1cc(-c2c3ccccc3c(-c3ccc4ccccc4c3)c3ccccc23)cc(-c2cc3c4ccccc4oc3c3oc4ccccc4c23)c1. The monoisotopic (exact) mass is 636 g/mol. The van der Waals surface area contributed by atoms with E-state index in [1.54, 1.807) is 0 Å². The summed E-state index contributed by atoms with van der Waals surface area (Å²) in [7, 11) is 0. The molecule has 2 nitrogen and oxygen atoms in total. The van der Waals surface area contributed by atoms with Gasteiger partial charge in [0.2, 0.25) is 0 Å². The summed E-state index contributed by atoms with van der Waals surface area (Å²) in [5.41, 5.74) is 10.5. The van der Waals surface area contributed by atoms with E-state index in [0.717, 1.165) is 55.0 Å². The largest absolute Gasteiger partial charge is 0.452 e. The minimum atomic E-state index is 0.788. The van der Waals surface area contributed by atoms with E-state index in [9.17, 15) is 0 Å². The summed E-state index contributed by atoms with van der Waals surface area (Å²) in [5.74, 6) is 0. The molecule has 9 aromatic carbocycles. The second-order valence-electron chi connectivity index (χ2n) is 13.2. The van der Waals surface area contributed by atoms with Crippen LogP contribution in [0.2, 0.25) is 0 Å². The Hall–Kier alpha value is -6.64. The topological polar surface area (TPSA) is 26.3 Å². The molecule has 0 radical (unpaired) electrons. The van der Waals surface area contributed by atoms with Crippen molar-refractivity contribution < 1.29 is 8.83 Å². The fourth-order valence-corrected chi connectivity index (χ4v) is 8.23. The molecule has 0 amide bonds. The molecule has 50 heavy (non-hydrogen) atoms. The normalized spacial score (nSPS) is 12.0. The molecule has 0 spiro atoms. The van der Waals surface area contributed by atoms with Crippen molar-refractivity contribution in [3.63, 3.8) is 0 Å². The summed E-state index contributed by atoms with van der Waals surface area (Å²) < 4.78 is 13.0. The van der Waals surface area contributed by atoms with E-state index in [1.165, 1.54) is 54.6 Å². The van der Waals surface area contributed by atoms with Gasteiger partial charge in [-0.3, -0.25) is 0 Å². The Morgan fingerprint density at radius 1 is 0.300 bits per heavy atom. The van der Waals surface area contributed by atoms with Gasteiger partial charge in [-0.2, -0.15) is 0 Å². The van der Waals surface area contributed by atoms with Gasteiger partial charge < -0.3 is 8.83 Å². The van der Waals surface area contributed by atoms with Crippen molar-refractivity contribution in [2.24, 2.45) is 0 Å². The van der Waals surface area contributed by atoms with E-state index >= 15 is 0 Å². The zero-order valence-electron chi connectivity index (χ0n) is 27.0. The highest BCUT2D eigenvalue weighted by atomic mass is 16.4. The third-order valence-electron chi connectivity index (χ3n) is 10.4. The van der Waals surface area contributed by atoms with Crippen LogP contribution < -0.4 is 0 Å². The predicted octanol–water partition coefficient (Wildman–Crippen LogP) is 13.9. The summed E-state index contributed by atoms with van der Waals surface area (Å²) in [4.78, 5) is 0. The molecule has 0 fully saturated rings. The van der Waals surface area contributed by atoms with Crippen LogP contribution in [0.5, 0.6) is 0 Å². The number of rotatable bonds is 3. The Kier molecular flexibility index (Phi) is 5.70. The standard InChI is InChI=1S/C48H28O2/c1-2-13-30-26-33(25-24-29(30)12-1)45-37-19-5-3-17-35(37)44(36-18-4-6-20-38(36)45)32-15-11-14-31(27-32)40-28-41-34-16-7-9-22-42(34)49-47(41)48-46(40)39-21-8-10-23-43(39)50-48/h1-28H. The molecule has 0 atom stereocenters. The zero-order valence-corrected chi connectivity index (χ0v) is 27.0. The lowest BCUT2D eigenvalue weighted by Gasteiger charge is -2.18. The average Bonchev–Trinajstić information content (AvgIpc) is 3.75. The van der Waals surface area contributed by atoms with Gasteiger partial charge in [-0.05, 0) is 96.0 Å². The molecule has 0 N–H and O–H groups in total. The third kappa shape index (κ3) is 3.90. The van der Waals surface area contributed by atoms with E-state index in [2.05, 4.69) is 146 Å². The van der Waals surface area contributed by atoms with Crippen LogP contribution in [0.4, 0.5) is 0 Å². The molecule has 0 aliphatic rings. The van der Waals surface area contributed by atoms with Crippen molar-refractivity contribution in [2.75, 3.05) is 0 Å². The first-order valence-electron chi connectivity index (χ1n) is 17.1. The maximum absolute atomic E-state index is 6.58. The molecule has 0 aliphatic heterocycles. The molecule has 2 aromatic heterocycles. The van der Waals surface area contributed by atoms with Gasteiger partial charge in [-0.25, -0.2) is 0 Å². The summed E-state index contributed by atoms with van der Waals surface area (Å²) in [5, 5.41) is 11.8. The molecule has 0 bridgehead atoms. The van der Waals surface area contributed by atoms with Crippen molar-refractivity contribution in [3.05, 3.63) is 170 Å². The van der Waals surface area contributed by atoms with Crippen LogP contribution in [0.25, 0.3) is 110 Å². The van der Waals surface area contributed by atoms with Crippen LogP contribution in [0.3, 0.4) is 0 Å². The van der Waals surface area contributed by atoms with Gasteiger partial charge in [-0.1, -0.05) is 140 Å². The number of fused-ring (bicyclic) bond motifs is 10. The number of para-hydroxylation sites is 2. The van der Waals surface area contributed by atoms with E-state index in [0.29, 0.717) is 0 Å². The Morgan fingerprint density at radius 3 is 1.52 bits per heavy atom. The van der Waals surface area contributed by atoms with Gasteiger partial charge in [0.05, 0.1) is 0 Å². The zero-order chi connectivity index (χ0) is 32.8. The summed E-state index contributed by atoms with van der Waals surface area (Å²) >= 11 is 0. The van der Waals surface area contributed by atoms with Crippen LogP contribution in [-0.2, 0) is 0 Å². The highest BCUT2D eigenvalue weighted by molar-refractivity contribution is 6.25. The molecule has 0 unspecified atom stereocenters. The molecular formula is C48H28O2. The Bertz CT molecular complexity index is 3100. The number of hydrogen-bond donors (Lipinski definition) is 0. The summed E-state index contributed by atoms with van der Waals surface area (Å²) in [6, 6.07) is 61.1. The Balaban J connectivity index is 1.20. The molecule has 0 saturated heterocycles. The van der Waals surface area contributed by atoms with Gasteiger partial charge in [0, 0.05) is 21.5 Å². The van der Waals surface area contributed by atoms with Crippen LogP contribution in [0.1, 0.15) is 0 Å². The van der Waals surface area contributed by atoms with E-state index in [1.807, 2.05) is 24.3 Å². The summed E-state index contributed by atoms with van der Waals surface area (Å²) in [6.07, 6.45) is 0. The van der Waals surface area contributed by atoms with E-state index < -0.39 is 0 Å². The van der Waals surface area contributed by atoms with Gasteiger partial charge in [0.15, 0.2) is 11.2 Å². The number of benzene rings is 9. The molecule has 2 heteroatoms. The summed E-state index contributed by atoms with van der Waals surface area (Å²) in [6.45, 7) is 0. The molecule has 11 rings (SSSR count). The molecular weight excluding hydrogens is 609 g/mol. The fraction of sp³-hybridized carbons (Fsp3) is 0. The first-order chi connectivity index (χ1) is 24.8. The highest BCUT2D eigenvalue weighted by Crippen LogP contribution is 2.47. The predicted molar refractivity (Wildman–Crippen MR) is 210 cm³/mol. The Morgan fingerprint density at radius 2 is 0.820 bits per heavy atom. The maximum Gasteiger partial charge on any atom is 0.179 e. The highest BCUT2D eigenvalue weighted by Gasteiger charge is 2.22. The van der Waals surface area contributed by atoms with Crippen molar-refractivity contribution >= 4 is 76.2 Å². The van der Waals surface area contributed by atoms with Gasteiger partial charge in [-0.15, -0.1) is 0 Å². The van der Waals surface area contributed by atoms with Crippen LogP contribution >= 0.6 is 0 Å². The van der Waals surface area contributed by atoms with E-state index in [-0.39, 0.29) is 0 Å². The number of hydrogen-bond acceptors (Lipinski definition) is 2. The third-order valence-corrected chi connectivity index (χ3v) is 10.4. The van der Waals surface area contributed by atoms with Crippen molar-refractivity contribution in [1.29, 1.82) is 0 Å². The smallest absolute Gasteiger partial charge is 0.179 e. The Labute approximate surface area is 287 Å². The fourth-order valence-electron chi connectivity index (χ4n) is 8.23. The molecule has 232 valence electrons. The lowest BCUT2D eigenvalue weighted by atomic mass is 9.85.